The molecule has 0 aliphatic carbocycles. The Morgan fingerprint density at radius 3 is 2.65 bits per heavy atom. The Hall–Kier alpha value is -2.04. The number of H-pyrrole nitrogens is 1. The predicted octanol–water partition coefficient (Wildman–Crippen LogP) is 3.48. The van der Waals surface area contributed by atoms with E-state index in [1.807, 2.05) is 12.1 Å². The normalized spacial score (nSPS) is 10.9. The number of nitrogens with zero attached hydrogens (tertiary/aromatic N) is 1. The van der Waals surface area contributed by atoms with Crippen LogP contribution in [0.25, 0.3) is 22.0 Å². The second-order valence-electron chi connectivity index (χ2n) is 4.28. The molecule has 0 saturated heterocycles. The van der Waals surface area contributed by atoms with Crippen molar-refractivity contribution in [2.75, 3.05) is 5.73 Å². The van der Waals surface area contributed by atoms with E-state index in [2.05, 4.69) is 9.97 Å². The van der Waals surface area contributed by atoms with Gasteiger partial charge in [-0.25, -0.2) is 4.98 Å². The summed E-state index contributed by atoms with van der Waals surface area (Å²) in [5.41, 5.74) is 7.33. The van der Waals surface area contributed by atoms with Gasteiger partial charge in [-0.2, -0.15) is 0 Å². The number of anilines is 1. The summed E-state index contributed by atoms with van der Waals surface area (Å²) >= 11 is 11.9. The standard InChI is InChI=1S/C14H9Cl2N3O/c15-9-5-4-7(6-10(9)16)8-2-1-3-11-12(8)13(20)19-14(17)18-11/h1-6H,(H3,17,18,19,20). The zero-order chi connectivity index (χ0) is 14.3. The van der Waals surface area contributed by atoms with Crippen LogP contribution in [0.3, 0.4) is 0 Å². The van der Waals surface area contributed by atoms with Crippen LogP contribution in [-0.4, -0.2) is 9.97 Å². The summed E-state index contributed by atoms with van der Waals surface area (Å²) in [7, 11) is 0. The third-order valence-corrected chi connectivity index (χ3v) is 3.72. The van der Waals surface area contributed by atoms with Crippen LogP contribution in [0.15, 0.2) is 41.2 Å². The van der Waals surface area contributed by atoms with E-state index in [0.717, 1.165) is 11.1 Å². The van der Waals surface area contributed by atoms with Gasteiger partial charge in [-0.05, 0) is 29.3 Å². The molecule has 0 amide bonds. The van der Waals surface area contributed by atoms with Crippen molar-refractivity contribution < 1.29 is 0 Å². The van der Waals surface area contributed by atoms with Gasteiger partial charge in [0.15, 0.2) is 0 Å². The lowest BCUT2D eigenvalue weighted by Crippen LogP contribution is -2.12. The third kappa shape index (κ3) is 2.13. The largest absolute Gasteiger partial charge is 0.369 e. The van der Waals surface area contributed by atoms with Gasteiger partial charge in [-0.15, -0.1) is 0 Å². The molecule has 0 saturated carbocycles. The Morgan fingerprint density at radius 2 is 1.90 bits per heavy atom. The molecule has 0 unspecified atom stereocenters. The zero-order valence-electron chi connectivity index (χ0n) is 10.2. The van der Waals surface area contributed by atoms with Gasteiger partial charge in [-0.3, -0.25) is 9.78 Å². The van der Waals surface area contributed by atoms with Gasteiger partial charge in [0, 0.05) is 0 Å². The summed E-state index contributed by atoms with van der Waals surface area (Å²) < 4.78 is 0. The van der Waals surface area contributed by atoms with E-state index < -0.39 is 0 Å². The third-order valence-electron chi connectivity index (χ3n) is 2.98. The summed E-state index contributed by atoms with van der Waals surface area (Å²) in [6.45, 7) is 0. The van der Waals surface area contributed by atoms with E-state index in [-0.39, 0.29) is 11.5 Å². The highest BCUT2D eigenvalue weighted by molar-refractivity contribution is 6.42. The van der Waals surface area contributed by atoms with E-state index in [9.17, 15) is 4.79 Å². The first-order chi connectivity index (χ1) is 9.56. The molecule has 6 heteroatoms. The maximum atomic E-state index is 12.1. The molecule has 0 aliphatic heterocycles. The molecule has 4 nitrogen and oxygen atoms in total. The van der Waals surface area contributed by atoms with Crippen molar-refractivity contribution in [3.8, 4) is 11.1 Å². The highest BCUT2D eigenvalue weighted by atomic mass is 35.5. The van der Waals surface area contributed by atoms with Crippen molar-refractivity contribution in [3.05, 3.63) is 56.8 Å². The number of aromatic amines is 1. The second-order valence-corrected chi connectivity index (χ2v) is 5.09. The number of nitrogens with two attached hydrogens (primary N) is 1. The smallest absolute Gasteiger partial charge is 0.260 e. The van der Waals surface area contributed by atoms with Crippen LogP contribution < -0.4 is 11.3 Å². The summed E-state index contributed by atoms with van der Waals surface area (Å²) in [6.07, 6.45) is 0. The van der Waals surface area contributed by atoms with Gasteiger partial charge in [0.1, 0.15) is 0 Å². The number of hydrogen-bond acceptors (Lipinski definition) is 3. The zero-order valence-corrected chi connectivity index (χ0v) is 11.7. The maximum absolute atomic E-state index is 12.1. The molecule has 1 aromatic heterocycles. The van der Waals surface area contributed by atoms with Crippen molar-refractivity contribution >= 4 is 40.1 Å². The summed E-state index contributed by atoms with van der Waals surface area (Å²) in [5.74, 6) is 0.0915. The number of nitrogens with one attached hydrogen (secondary N) is 1. The molecule has 20 heavy (non-hydrogen) atoms. The van der Waals surface area contributed by atoms with Crippen LogP contribution in [0.4, 0.5) is 5.95 Å². The van der Waals surface area contributed by atoms with Crippen molar-refractivity contribution in [1.82, 2.24) is 9.97 Å². The molecule has 3 aromatic rings. The lowest BCUT2D eigenvalue weighted by molar-refractivity contribution is 1.19. The average Bonchev–Trinajstić information content (AvgIpc) is 2.41. The molecule has 0 aliphatic rings. The number of aromatic nitrogens is 2. The van der Waals surface area contributed by atoms with Crippen LogP contribution in [0.2, 0.25) is 10.0 Å². The molecule has 0 spiro atoms. The van der Waals surface area contributed by atoms with Crippen LogP contribution in [0.5, 0.6) is 0 Å². The Morgan fingerprint density at radius 1 is 1.10 bits per heavy atom. The van der Waals surface area contributed by atoms with Crippen molar-refractivity contribution in [3.63, 3.8) is 0 Å². The fourth-order valence-electron chi connectivity index (χ4n) is 2.11. The van der Waals surface area contributed by atoms with Crippen molar-refractivity contribution in [2.45, 2.75) is 0 Å². The van der Waals surface area contributed by atoms with E-state index in [1.165, 1.54) is 0 Å². The first kappa shape index (κ1) is 13.0. The first-order valence-electron chi connectivity index (χ1n) is 5.80. The molecule has 1 heterocycles. The van der Waals surface area contributed by atoms with Gasteiger partial charge in [0.2, 0.25) is 5.95 Å². The Kier molecular flexibility index (Phi) is 3.12. The highest BCUT2D eigenvalue weighted by Crippen LogP contribution is 2.31. The average molecular weight is 306 g/mol. The van der Waals surface area contributed by atoms with Gasteiger partial charge < -0.3 is 5.73 Å². The van der Waals surface area contributed by atoms with E-state index >= 15 is 0 Å². The van der Waals surface area contributed by atoms with Gasteiger partial charge in [-0.1, -0.05) is 41.4 Å². The van der Waals surface area contributed by atoms with Crippen LogP contribution >= 0.6 is 23.2 Å². The lowest BCUT2D eigenvalue weighted by atomic mass is 10.0. The van der Waals surface area contributed by atoms with Gasteiger partial charge >= 0.3 is 0 Å². The van der Waals surface area contributed by atoms with Crippen LogP contribution in [0, 0.1) is 0 Å². The molecule has 0 atom stereocenters. The first-order valence-corrected chi connectivity index (χ1v) is 6.56. The predicted molar refractivity (Wildman–Crippen MR) is 82.2 cm³/mol. The maximum Gasteiger partial charge on any atom is 0.260 e. The monoisotopic (exact) mass is 305 g/mol. The number of hydrogen-bond donors (Lipinski definition) is 2. The minimum absolute atomic E-state index is 0.0915. The topological polar surface area (TPSA) is 71.8 Å². The second kappa shape index (κ2) is 4.81. The summed E-state index contributed by atoms with van der Waals surface area (Å²) in [6, 6.07) is 10.6. The Bertz CT molecular complexity index is 874. The van der Waals surface area contributed by atoms with Crippen LogP contribution in [-0.2, 0) is 0 Å². The lowest BCUT2D eigenvalue weighted by Gasteiger charge is -2.07. The van der Waals surface area contributed by atoms with E-state index in [4.69, 9.17) is 28.9 Å². The molecular formula is C14H9Cl2N3O. The molecule has 0 fully saturated rings. The Balaban J connectivity index is 2.36. The number of nitrogen functional groups attached to an aromatic ring is 1. The van der Waals surface area contributed by atoms with Gasteiger partial charge in [0.25, 0.3) is 5.56 Å². The number of benzene rings is 2. The Labute approximate surface area is 124 Å². The molecule has 2 aromatic carbocycles. The number of rotatable bonds is 1. The quantitative estimate of drug-likeness (QED) is 0.723. The minimum Gasteiger partial charge on any atom is -0.369 e. The van der Waals surface area contributed by atoms with Crippen molar-refractivity contribution in [2.24, 2.45) is 0 Å². The minimum atomic E-state index is -0.283. The molecule has 3 N–H and O–H groups in total. The molecule has 100 valence electrons. The molecule has 0 radical (unpaired) electrons. The van der Waals surface area contributed by atoms with Crippen LogP contribution in [0.1, 0.15) is 0 Å². The number of fused-ring (bicyclic) bond motifs is 1. The van der Waals surface area contributed by atoms with Crippen molar-refractivity contribution in [1.29, 1.82) is 0 Å². The molecular weight excluding hydrogens is 297 g/mol. The summed E-state index contributed by atoms with van der Waals surface area (Å²) in [4.78, 5) is 18.7. The number of halogens is 2. The highest BCUT2D eigenvalue weighted by Gasteiger charge is 2.10. The van der Waals surface area contributed by atoms with E-state index in [1.54, 1.807) is 24.3 Å². The summed E-state index contributed by atoms with van der Waals surface area (Å²) in [5, 5.41) is 1.37. The fourth-order valence-corrected chi connectivity index (χ4v) is 2.41. The molecule has 0 bridgehead atoms. The van der Waals surface area contributed by atoms with E-state index in [0.29, 0.717) is 20.9 Å². The fraction of sp³-hybridized carbons (Fsp3) is 0. The molecule has 3 rings (SSSR count). The SMILES string of the molecule is Nc1nc2cccc(-c3ccc(Cl)c(Cl)c3)c2c(=O)[nH]1. The van der Waals surface area contributed by atoms with Gasteiger partial charge in [0.05, 0.1) is 20.9 Å².